The SMILES string of the molecule is O=[N+]([O-])c1cccc2c(N3CC[C@H](O)C3)ccnc12. The zero-order chi connectivity index (χ0) is 13.4. The van der Waals surface area contributed by atoms with E-state index < -0.39 is 4.92 Å². The summed E-state index contributed by atoms with van der Waals surface area (Å²) in [5.41, 5.74) is 1.30. The van der Waals surface area contributed by atoms with E-state index in [0.717, 1.165) is 24.0 Å². The quantitative estimate of drug-likeness (QED) is 0.656. The summed E-state index contributed by atoms with van der Waals surface area (Å²) in [7, 11) is 0. The molecular weight excluding hydrogens is 246 g/mol. The molecule has 1 fully saturated rings. The number of nitrogens with zero attached hydrogens (tertiary/aromatic N) is 3. The molecule has 1 aromatic heterocycles. The van der Waals surface area contributed by atoms with Crippen molar-refractivity contribution in [3.05, 3.63) is 40.6 Å². The van der Waals surface area contributed by atoms with Gasteiger partial charge in [0.05, 0.1) is 11.0 Å². The first-order valence-electron chi connectivity index (χ1n) is 6.12. The Bertz CT molecular complexity index is 644. The third-order valence-corrected chi connectivity index (χ3v) is 3.43. The van der Waals surface area contributed by atoms with Crippen molar-refractivity contribution in [2.24, 2.45) is 0 Å². The van der Waals surface area contributed by atoms with Gasteiger partial charge in [0, 0.05) is 36.4 Å². The van der Waals surface area contributed by atoms with E-state index in [2.05, 4.69) is 4.98 Å². The van der Waals surface area contributed by atoms with E-state index in [-0.39, 0.29) is 11.8 Å². The molecule has 0 amide bonds. The molecule has 1 saturated heterocycles. The number of aliphatic hydroxyl groups excluding tert-OH is 1. The van der Waals surface area contributed by atoms with Crippen molar-refractivity contribution in [2.75, 3.05) is 18.0 Å². The van der Waals surface area contributed by atoms with Crippen LogP contribution in [0.3, 0.4) is 0 Å². The second-order valence-corrected chi connectivity index (χ2v) is 4.65. The lowest BCUT2D eigenvalue weighted by Gasteiger charge is -2.19. The third-order valence-electron chi connectivity index (χ3n) is 3.43. The van der Waals surface area contributed by atoms with Gasteiger partial charge in [-0.3, -0.25) is 10.1 Å². The Morgan fingerprint density at radius 3 is 2.95 bits per heavy atom. The number of pyridine rings is 1. The van der Waals surface area contributed by atoms with Crippen LogP contribution in [0.2, 0.25) is 0 Å². The molecule has 0 saturated carbocycles. The number of anilines is 1. The fraction of sp³-hybridized carbons (Fsp3) is 0.308. The summed E-state index contributed by atoms with van der Waals surface area (Å²) in [4.78, 5) is 16.8. The van der Waals surface area contributed by atoms with Crippen molar-refractivity contribution in [3.8, 4) is 0 Å². The highest BCUT2D eigenvalue weighted by molar-refractivity contribution is 5.96. The summed E-state index contributed by atoms with van der Waals surface area (Å²) in [6, 6.07) is 6.79. The molecule has 6 nitrogen and oxygen atoms in total. The van der Waals surface area contributed by atoms with Crippen LogP contribution in [-0.4, -0.2) is 34.2 Å². The van der Waals surface area contributed by atoms with Gasteiger partial charge < -0.3 is 10.0 Å². The fourth-order valence-corrected chi connectivity index (χ4v) is 2.53. The van der Waals surface area contributed by atoms with Gasteiger partial charge in [-0.2, -0.15) is 0 Å². The van der Waals surface area contributed by atoms with Crippen molar-refractivity contribution in [1.29, 1.82) is 0 Å². The first-order chi connectivity index (χ1) is 9.16. The largest absolute Gasteiger partial charge is 0.391 e. The first-order valence-corrected chi connectivity index (χ1v) is 6.12. The van der Waals surface area contributed by atoms with E-state index in [1.165, 1.54) is 6.07 Å². The van der Waals surface area contributed by atoms with Gasteiger partial charge >= 0.3 is 0 Å². The van der Waals surface area contributed by atoms with Gasteiger partial charge in [-0.1, -0.05) is 12.1 Å². The van der Waals surface area contributed by atoms with Crippen LogP contribution in [0.1, 0.15) is 6.42 Å². The molecule has 1 N–H and O–H groups in total. The van der Waals surface area contributed by atoms with Crippen molar-refractivity contribution >= 4 is 22.3 Å². The highest BCUT2D eigenvalue weighted by Crippen LogP contribution is 2.32. The Kier molecular flexibility index (Phi) is 2.79. The zero-order valence-electron chi connectivity index (χ0n) is 10.2. The summed E-state index contributed by atoms with van der Waals surface area (Å²) in [5.74, 6) is 0. The topological polar surface area (TPSA) is 79.5 Å². The minimum atomic E-state index is -0.419. The molecule has 0 aliphatic carbocycles. The maximum Gasteiger partial charge on any atom is 0.295 e. The molecule has 0 spiro atoms. The first kappa shape index (κ1) is 11.9. The molecule has 1 aliphatic rings. The molecule has 3 rings (SSSR count). The number of nitro benzene ring substituents is 1. The number of β-amino-alcohol motifs (C(OH)–C–C–N with tert-alkyl or cyclic N) is 1. The number of hydrogen-bond donors (Lipinski definition) is 1. The van der Waals surface area contributed by atoms with Crippen LogP contribution in [0.5, 0.6) is 0 Å². The number of aliphatic hydroxyl groups is 1. The molecule has 1 atom stereocenters. The maximum absolute atomic E-state index is 11.0. The predicted molar refractivity (Wildman–Crippen MR) is 71.2 cm³/mol. The minimum Gasteiger partial charge on any atom is -0.391 e. The lowest BCUT2D eigenvalue weighted by molar-refractivity contribution is -0.383. The normalized spacial score (nSPS) is 19.0. The monoisotopic (exact) mass is 259 g/mol. The number of hydrogen-bond acceptors (Lipinski definition) is 5. The van der Waals surface area contributed by atoms with Crippen LogP contribution < -0.4 is 4.90 Å². The molecule has 0 bridgehead atoms. The lowest BCUT2D eigenvalue weighted by atomic mass is 10.1. The van der Waals surface area contributed by atoms with E-state index in [0.29, 0.717) is 12.1 Å². The molecular formula is C13H13N3O3. The predicted octanol–water partition coefficient (Wildman–Crippen LogP) is 1.71. The molecule has 6 heteroatoms. The summed E-state index contributed by atoms with van der Waals surface area (Å²) < 4.78 is 0. The summed E-state index contributed by atoms with van der Waals surface area (Å²) in [6.45, 7) is 1.31. The Balaban J connectivity index is 2.16. The smallest absolute Gasteiger partial charge is 0.295 e. The summed E-state index contributed by atoms with van der Waals surface area (Å²) in [6.07, 6.45) is 1.97. The highest BCUT2D eigenvalue weighted by atomic mass is 16.6. The Morgan fingerprint density at radius 2 is 2.26 bits per heavy atom. The van der Waals surface area contributed by atoms with Gasteiger partial charge in [0.25, 0.3) is 5.69 Å². The number of non-ortho nitro benzene ring substituents is 1. The van der Waals surface area contributed by atoms with Gasteiger partial charge in [0.1, 0.15) is 5.52 Å². The molecule has 19 heavy (non-hydrogen) atoms. The molecule has 2 aromatic rings. The van der Waals surface area contributed by atoms with Gasteiger partial charge in [-0.25, -0.2) is 4.98 Å². The fourth-order valence-electron chi connectivity index (χ4n) is 2.53. The third kappa shape index (κ3) is 2.00. The van der Waals surface area contributed by atoms with Crippen LogP contribution in [0.4, 0.5) is 11.4 Å². The van der Waals surface area contributed by atoms with Gasteiger partial charge in [0.15, 0.2) is 0 Å². The minimum absolute atomic E-state index is 0.0131. The molecule has 0 radical (unpaired) electrons. The van der Waals surface area contributed by atoms with E-state index in [4.69, 9.17) is 0 Å². The van der Waals surface area contributed by atoms with Crippen LogP contribution >= 0.6 is 0 Å². The second kappa shape index (κ2) is 4.47. The Hall–Kier alpha value is -2.21. The van der Waals surface area contributed by atoms with Crippen molar-refractivity contribution < 1.29 is 10.0 Å². The number of aromatic nitrogens is 1. The number of nitro groups is 1. The average molecular weight is 259 g/mol. The van der Waals surface area contributed by atoms with E-state index in [1.807, 2.05) is 17.0 Å². The molecule has 1 aliphatic heterocycles. The number of fused-ring (bicyclic) bond motifs is 1. The molecule has 1 aromatic carbocycles. The second-order valence-electron chi connectivity index (χ2n) is 4.65. The standard InChI is InChI=1S/C13H13N3O3/c17-9-5-7-15(8-9)11-4-6-14-13-10(11)2-1-3-12(13)16(18)19/h1-4,6,9,17H,5,7-8H2/t9-/m0/s1. The Labute approximate surface area is 109 Å². The molecule has 98 valence electrons. The maximum atomic E-state index is 11.0. The number of benzene rings is 1. The van der Waals surface area contributed by atoms with Gasteiger partial charge in [-0.05, 0) is 12.5 Å². The lowest BCUT2D eigenvalue weighted by Crippen LogP contribution is -2.21. The van der Waals surface area contributed by atoms with Crippen LogP contribution in [0, 0.1) is 10.1 Å². The average Bonchev–Trinajstić information content (AvgIpc) is 2.83. The molecule has 0 unspecified atom stereocenters. The van der Waals surface area contributed by atoms with Crippen LogP contribution in [0.25, 0.3) is 10.9 Å². The van der Waals surface area contributed by atoms with Crippen molar-refractivity contribution in [2.45, 2.75) is 12.5 Å². The van der Waals surface area contributed by atoms with E-state index in [9.17, 15) is 15.2 Å². The van der Waals surface area contributed by atoms with Gasteiger partial charge in [-0.15, -0.1) is 0 Å². The molecule has 2 heterocycles. The Morgan fingerprint density at radius 1 is 1.42 bits per heavy atom. The van der Waals surface area contributed by atoms with Crippen molar-refractivity contribution in [3.63, 3.8) is 0 Å². The van der Waals surface area contributed by atoms with Crippen LogP contribution in [-0.2, 0) is 0 Å². The van der Waals surface area contributed by atoms with Gasteiger partial charge in [0.2, 0.25) is 0 Å². The summed E-state index contributed by atoms with van der Waals surface area (Å²) in [5, 5.41) is 21.4. The van der Waals surface area contributed by atoms with E-state index >= 15 is 0 Å². The highest BCUT2D eigenvalue weighted by Gasteiger charge is 2.23. The zero-order valence-corrected chi connectivity index (χ0v) is 10.2. The van der Waals surface area contributed by atoms with Crippen molar-refractivity contribution in [1.82, 2.24) is 4.98 Å². The van der Waals surface area contributed by atoms with Crippen LogP contribution in [0.15, 0.2) is 30.5 Å². The number of rotatable bonds is 2. The van der Waals surface area contributed by atoms with E-state index in [1.54, 1.807) is 12.3 Å². The number of para-hydroxylation sites is 1. The summed E-state index contributed by atoms with van der Waals surface area (Å²) >= 11 is 0.